The second-order valence-corrected chi connectivity index (χ2v) is 4.72. The fraction of sp³-hybridized carbons (Fsp3) is 0.357. The molecule has 0 aliphatic heterocycles. The van der Waals surface area contributed by atoms with Gasteiger partial charge in [0.05, 0.1) is 11.4 Å². The van der Waals surface area contributed by atoms with Crippen molar-refractivity contribution in [3.05, 3.63) is 35.5 Å². The Labute approximate surface area is 101 Å². The minimum atomic E-state index is -0.740. The van der Waals surface area contributed by atoms with E-state index in [1.165, 1.54) is 16.5 Å². The van der Waals surface area contributed by atoms with Crippen molar-refractivity contribution in [1.29, 1.82) is 0 Å². The third kappa shape index (κ3) is 2.18. The Hall–Kier alpha value is -1.77. The van der Waals surface area contributed by atoms with Gasteiger partial charge >= 0.3 is 5.97 Å². The number of carboxylic acid groups (broad SMARTS) is 1. The summed E-state index contributed by atoms with van der Waals surface area (Å²) in [7, 11) is 2.02. The maximum atomic E-state index is 10.9. The number of aryl methyl sites for hydroxylation is 2. The first-order valence-electron chi connectivity index (χ1n) is 5.76. The number of benzene rings is 1. The van der Waals surface area contributed by atoms with Crippen molar-refractivity contribution >= 4 is 16.9 Å². The number of fused-ring (bicyclic) bond motifs is 1. The quantitative estimate of drug-likeness (QED) is 0.882. The summed E-state index contributed by atoms with van der Waals surface area (Å²) in [6.07, 6.45) is 2.61. The van der Waals surface area contributed by atoms with E-state index in [4.69, 9.17) is 5.11 Å². The Balaban J connectivity index is 2.40. The first kappa shape index (κ1) is 11.7. The number of carbonyl (C=O) groups is 1. The summed E-state index contributed by atoms with van der Waals surface area (Å²) in [6, 6.07) is 6.24. The molecule has 0 aliphatic carbocycles. The van der Waals surface area contributed by atoms with Crippen molar-refractivity contribution in [3.8, 4) is 0 Å². The van der Waals surface area contributed by atoms with Crippen LogP contribution < -0.4 is 0 Å². The Morgan fingerprint density at radius 1 is 1.47 bits per heavy atom. The van der Waals surface area contributed by atoms with Crippen LogP contribution in [0.15, 0.2) is 24.4 Å². The summed E-state index contributed by atoms with van der Waals surface area (Å²) in [4.78, 5) is 10.9. The van der Waals surface area contributed by atoms with Crippen molar-refractivity contribution in [3.63, 3.8) is 0 Å². The summed E-state index contributed by atoms with van der Waals surface area (Å²) < 4.78 is 2.09. The highest BCUT2D eigenvalue weighted by Gasteiger charge is 2.13. The number of nitrogens with zero attached hydrogens (tertiary/aromatic N) is 1. The molecule has 2 aromatic rings. The Bertz CT molecular complexity index is 569. The van der Waals surface area contributed by atoms with Crippen LogP contribution in [0, 0.1) is 12.8 Å². The molecule has 0 bridgehead atoms. The van der Waals surface area contributed by atoms with Crippen molar-refractivity contribution < 1.29 is 9.90 Å². The van der Waals surface area contributed by atoms with Crippen LogP contribution in [0.25, 0.3) is 10.9 Å². The highest BCUT2D eigenvalue weighted by molar-refractivity contribution is 5.84. The summed E-state index contributed by atoms with van der Waals surface area (Å²) in [5.41, 5.74) is 3.51. The van der Waals surface area contributed by atoms with E-state index in [9.17, 15) is 4.79 Å². The molecule has 1 heterocycles. The predicted molar refractivity (Wildman–Crippen MR) is 68.2 cm³/mol. The molecule has 1 aromatic heterocycles. The second kappa shape index (κ2) is 4.24. The molecule has 1 aromatic carbocycles. The van der Waals surface area contributed by atoms with Crippen LogP contribution in [0.2, 0.25) is 0 Å². The molecule has 3 nitrogen and oxygen atoms in total. The van der Waals surface area contributed by atoms with E-state index in [0.717, 1.165) is 5.56 Å². The van der Waals surface area contributed by atoms with Gasteiger partial charge in [0.25, 0.3) is 0 Å². The topological polar surface area (TPSA) is 42.2 Å². The average Bonchev–Trinajstić information content (AvgIpc) is 2.60. The molecule has 17 heavy (non-hydrogen) atoms. The van der Waals surface area contributed by atoms with Gasteiger partial charge in [0, 0.05) is 18.6 Å². The van der Waals surface area contributed by atoms with Gasteiger partial charge in [0.1, 0.15) is 0 Å². The lowest BCUT2D eigenvalue weighted by molar-refractivity contribution is -0.141. The number of carboxylic acids is 1. The van der Waals surface area contributed by atoms with Crippen LogP contribution >= 0.6 is 0 Å². The molecule has 1 N–H and O–H groups in total. The van der Waals surface area contributed by atoms with Crippen molar-refractivity contribution in [2.45, 2.75) is 20.3 Å². The molecule has 3 heteroatoms. The molecular formula is C14H17NO2. The van der Waals surface area contributed by atoms with E-state index in [-0.39, 0.29) is 5.92 Å². The highest BCUT2D eigenvalue weighted by atomic mass is 16.4. The fourth-order valence-electron chi connectivity index (χ4n) is 2.32. The van der Waals surface area contributed by atoms with Gasteiger partial charge in [0.2, 0.25) is 0 Å². The molecule has 90 valence electrons. The maximum Gasteiger partial charge on any atom is 0.306 e. The Kier molecular flexibility index (Phi) is 2.92. The molecule has 0 radical (unpaired) electrons. The predicted octanol–water partition coefficient (Wildman–Crippen LogP) is 2.75. The second-order valence-electron chi connectivity index (χ2n) is 4.72. The smallest absolute Gasteiger partial charge is 0.306 e. The summed E-state index contributed by atoms with van der Waals surface area (Å²) >= 11 is 0. The van der Waals surface area contributed by atoms with Gasteiger partial charge in [-0.1, -0.05) is 13.0 Å². The van der Waals surface area contributed by atoms with E-state index in [0.29, 0.717) is 6.42 Å². The van der Waals surface area contributed by atoms with E-state index in [2.05, 4.69) is 29.7 Å². The molecule has 0 saturated heterocycles. The number of hydrogen-bond donors (Lipinski definition) is 1. The standard InChI is InChI=1S/C14H17NO2/c1-9-6-11(7-10(2)14(16)17)8-12-4-5-15(3)13(9)12/h4-6,8,10H,7H2,1-3H3,(H,16,17). The number of aliphatic carboxylic acids is 1. The molecule has 1 atom stereocenters. The van der Waals surface area contributed by atoms with Gasteiger partial charge in [-0.15, -0.1) is 0 Å². The van der Waals surface area contributed by atoms with Gasteiger partial charge in [-0.2, -0.15) is 0 Å². The molecule has 0 spiro atoms. The van der Waals surface area contributed by atoms with Gasteiger partial charge in [-0.05, 0) is 36.6 Å². The normalized spacial score (nSPS) is 12.9. The highest BCUT2D eigenvalue weighted by Crippen LogP contribution is 2.22. The largest absolute Gasteiger partial charge is 0.481 e. The van der Waals surface area contributed by atoms with E-state index >= 15 is 0 Å². The molecule has 0 amide bonds. The zero-order valence-corrected chi connectivity index (χ0v) is 10.4. The molecule has 0 fully saturated rings. The zero-order valence-electron chi connectivity index (χ0n) is 10.4. The van der Waals surface area contributed by atoms with Crippen LogP contribution in [0.1, 0.15) is 18.1 Å². The number of rotatable bonds is 3. The fourth-order valence-corrected chi connectivity index (χ4v) is 2.32. The molecule has 0 aliphatic rings. The molecular weight excluding hydrogens is 214 g/mol. The first-order valence-corrected chi connectivity index (χ1v) is 5.76. The lowest BCUT2D eigenvalue weighted by atomic mass is 9.98. The van der Waals surface area contributed by atoms with Crippen molar-refractivity contribution in [1.82, 2.24) is 4.57 Å². The lowest BCUT2D eigenvalue weighted by Crippen LogP contribution is -2.12. The van der Waals surface area contributed by atoms with Gasteiger partial charge in [0.15, 0.2) is 0 Å². The van der Waals surface area contributed by atoms with Crippen LogP contribution in [-0.4, -0.2) is 15.6 Å². The number of aromatic nitrogens is 1. The van der Waals surface area contributed by atoms with Crippen LogP contribution in [0.4, 0.5) is 0 Å². The SMILES string of the molecule is Cc1cc(CC(C)C(=O)O)cc2ccn(C)c12. The van der Waals surface area contributed by atoms with E-state index in [1.54, 1.807) is 6.92 Å². The van der Waals surface area contributed by atoms with Gasteiger partial charge in [-0.25, -0.2) is 0 Å². The summed E-state index contributed by atoms with van der Waals surface area (Å²) in [6.45, 7) is 3.81. The first-order chi connectivity index (χ1) is 7.99. The minimum absolute atomic E-state index is 0.337. The molecule has 2 rings (SSSR count). The Morgan fingerprint density at radius 3 is 2.82 bits per heavy atom. The maximum absolute atomic E-state index is 10.9. The van der Waals surface area contributed by atoms with Crippen molar-refractivity contribution in [2.75, 3.05) is 0 Å². The Morgan fingerprint density at radius 2 is 2.18 bits per heavy atom. The molecule has 0 saturated carbocycles. The summed E-state index contributed by atoms with van der Waals surface area (Å²) in [5, 5.41) is 10.1. The zero-order chi connectivity index (χ0) is 12.6. The van der Waals surface area contributed by atoms with Crippen LogP contribution in [0.5, 0.6) is 0 Å². The summed E-state index contributed by atoms with van der Waals surface area (Å²) in [5.74, 6) is -1.08. The number of hydrogen-bond acceptors (Lipinski definition) is 1. The van der Waals surface area contributed by atoms with E-state index < -0.39 is 5.97 Å². The average molecular weight is 231 g/mol. The third-order valence-corrected chi connectivity index (χ3v) is 3.18. The van der Waals surface area contributed by atoms with E-state index in [1.807, 2.05) is 13.2 Å². The molecule has 1 unspecified atom stereocenters. The van der Waals surface area contributed by atoms with Gasteiger partial charge in [-0.3, -0.25) is 4.79 Å². The van der Waals surface area contributed by atoms with Crippen molar-refractivity contribution in [2.24, 2.45) is 13.0 Å². The lowest BCUT2D eigenvalue weighted by Gasteiger charge is -2.09. The minimum Gasteiger partial charge on any atom is -0.481 e. The van der Waals surface area contributed by atoms with Gasteiger partial charge < -0.3 is 9.67 Å². The monoisotopic (exact) mass is 231 g/mol. The van der Waals surface area contributed by atoms with Crippen LogP contribution in [0.3, 0.4) is 0 Å². The third-order valence-electron chi connectivity index (χ3n) is 3.18. The van der Waals surface area contributed by atoms with Crippen LogP contribution in [-0.2, 0) is 18.3 Å².